The number of pyridine rings is 1. The highest BCUT2D eigenvalue weighted by molar-refractivity contribution is 5.48. The molecular weight excluding hydrogens is 260 g/mol. The number of hydrogen-bond donors (Lipinski definition) is 1. The van der Waals surface area contributed by atoms with Crippen molar-refractivity contribution in [1.82, 2.24) is 9.88 Å². The number of rotatable bonds is 4. The quantitative estimate of drug-likeness (QED) is 0.935. The number of hydrogen-bond acceptors (Lipinski definition) is 2. The van der Waals surface area contributed by atoms with E-state index in [9.17, 15) is 4.79 Å². The van der Waals surface area contributed by atoms with E-state index in [2.05, 4.69) is 55.8 Å². The molecule has 0 bridgehead atoms. The van der Waals surface area contributed by atoms with Crippen LogP contribution in [0.4, 0.5) is 0 Å². The SMILES string of the molecule is Cc1cccc(C)c1-n1cc(CNC(C)C)c(=O)cc1C. The van der Waals surface area contributed by atoms with Gasteiger partial charge in [-0.15, -0.1) is 0 Å². The maximum atomic E-state index is 12.2. The molecule has 21 heavy (non-hydrogen) atoms. The van der Waals surface area contributed by atoms with E-state index in [-0.39, 0.29) is 5.43 Å². The standard InChI is InChI=1S/C18H24N2O/c1-12(2)19-10-16-11-20(15(5)9-17(16)21)18-13(3)7-6-8-14(18)4/h6-9,11-12,19H,10H2,1-5H3. The molecule has 3 heteroatoms. The molecule has 0 radical (unpaired) electrons. The maximum absolute atomic E-state index is 12.2. The van der Waals surface area contributed by atoms with Crippen LogP contribution < -0.4 is 10.7 Å². The molecule has 0 saturated carbocycles. The van der Waals surface area contributed by atoms with Gasteiger partial charge in [-0.1, -0.05) is 32.0 Å². The van der Waals surface area contributed by atoms with Crippen LogP contribution in [0.2, 0.25) is 0 Å². The highest BCUT2D eigenvalue weighted by Crippen LogP contribution is 2.20. The maximum Gasteiger partial charge on any atom is 0.186 e. The molecule has 0 unspecified atom stereocenters. The zero-order valence-corrected chi connectivity index (χ0v) is 13.5. The third-order valence-electron chi connectivity index (χ3n) is 3.70. The van der Waals surface area contributed by atoms with Crippen LogP contribution in [0.15, 0.2) is 35.3 Å². The lowest BCUT2D eigenvalue weighted by Crippen LogP contribution is -2.26. The smallest absolute Gasteiger partial charge is 0.186 e. The summed E-state index contributed by atoms with van der Waals surface area (Å²) in [5, 5.41) is 3.32. The summed E-state index contributed by atoms with van der Waals surface area (Å²) in [5.41, 5.74) is 5.46. The molecule has 112 valence electrons. The molecule has 0 aliphatic heterocycles. The zero-order valence-electron chi connectivity index (χ0n) is 13.5. The Morgan fingerprint density at radius 3 is 2.33 bits per heavy atom. The lowest BCUT2D eigenvalue weighted by molar-refractivity contribution is 0.585. The Bertz CT molecular complexity index is 679. The molecule has 0 aliphatic rings. The Kier molecular flexibility index (Phi) is 4.63. The van der Waals surface area contributed by atoms with Gasteiger partial charge in [0.2, 0.25) is 0 Å². The van der Waals surface area contributed by atoms with E-state index < -0.39 is 0 Å². The van der Waals surface area contributed by atoms with E-state index in [1.165, 1.54) is 16.8 Å². The predicted molar refractivity (Wildman–Crippen MR) is 88.2 cm³/mol. The number of aromatic nitrogens is 1. The van der Waals surface area contributed by atoms with Crippen LogP contribution in [0.25, 0.3) is 5.69 Å². The summed E-state index contributed by atoms with van der Waals surface area (Å²) in [6.45, 7) is 10.9. The number of para-hydroxylation sites is 1. The number of nitrogens with zero attached hydrogens (tertiary/aromatic N) is 1. The zero-order chi connectivity index (χ0) is 15.6. The van der Waals surface area contributed by atoms with Crippen molar-refractivity contribution in [2.24, 2.45) is 0 Å². The Morgan fingerprint density at radius 1 is 1.14 bits per heavy atom. The fraction of sp³-hybridized carbons (Fsp3) is 0.389. The predicted octanol–water partition coefficient (Wildman–Crippen LogP) is 3.26. The van der Waals surface area contributed by atoms with Gasteiger partial charge in [0, 0.05) is 36.1 Å². The molecule has 1 N–H and O–H groups in total. The summed E-state index contributed by atoms with van der Waals surface area (Å²) in [6.07, 6.45) is 1.97. The fourth-order valence-corrected chi connectivity index (χ4v) is 2.55. The summed E-state index contributed by atoms with van der Waals surface area (Å²) in [6, 6.07) is 8.35. The van der Waals surface area contributed by atoms with E-state index in [4.69, 9.17) is 0 Å². The van der Waals surface area contributed by atoms with E-state index in [0.717, 1.165) is 11.3 Å². The average Bonchev–Trinajstić information content (AvgIpc) is 2.39. The Labute approximate surface area is 126 Å². The van der Waals surface area contributed by atoms with Gasteiger partial charge in [0.1, 0.15) is 0 Å². The first-order valence-electron chi connectivity index (χ1n) is 7.42. The number of nitrogens with one attached hydrogen (secondary N) is 1. The van der Waals surface area contributed by atoms with E-state index in [0.29, 0.717) is 12.6 Å². The number of aryl methyl sites for hydroxylation is 3. The summed E-state index contributed by atoms with van der Waals surface area (Å²) in [7, 11) is 0. The second kappa shape index (κ2) is 6.27. The first-order chi connectivity index (χ1) is 9.90. The van der Waals surface area contributed by atoms with Gasteiger partial charge in [-0.3, -0.25) is 4.79 Å². The van der Waals surface area contributed by atoms with Gasteiger partial charge in [0.15, 0.2) is 5.43 Å². The van der Waals surface area contributed by atoms with Crippen molar-refractivity contribution in [2.75, 3.05) is 0 Å². The highest BCUT2D eigenvalue weighted by atomic mass is 16.1. The second-order valence-electron chi connectivity index (χ2n) is 5.95. The normalized spacial score (nSPS) is 11.1. The van der Waals surface area contributed by atoms with Gasteiger partial charge >= 0.3 is 0 Å². The molecule has 3 nitrogen and oxygen atoms in total. The van der Waals surface area contributed by atoms with Gasteiger partial charge in [0.05, 0.1) is 5.69 Å². The van der Waals surface area contributed by atoms with Crippen LogP contribution in [0.1, 0.15) is 36.2 Å². The molecule has 2 rings (SSSR count). The van der Waals surface area contributed by atoms with Crippen LogP contribution >= 0.6 is 0 Å². The molecule has 1 aromatic heterocycles. The second-order valence-corrected chi connectivity index (χ2v) is 5.95. The molecule has 2 aromatic rings. The Morgan fingerprint density at radius 2 is 1.76 bits per heavy atom. The van der Waals surface area contributed by atoms with Gasteiger partial charge in [-0.2, -0.15) is 0 Å². The van der Waals surface area contributed by atoms with Crippen LogP contribution in [0.5, 0.6) is 0 Å². The van der Waals surface area contributed by atoms with Crippen molar-refractivity contribution in [3.8, 4) is 5.69 Å². The van der Waals surface area contributed by atoms with Crippen LogP contribution in [-0.2, 0) is 6.54 Å². The van der Waals surface area contributed by atoms with E-state index in [1.54, 1.807) is 6.07 Å². The molecule has 1 aromatic carbocycles. The first kappa shape index (κ1) is 15.5. The minimum atomic E-state index is 0.100. The monoisotopic (exact) mass is 284 g/mol. The summed E-state index contributed by atoms with van der Waals surface area (Å²) >= 11 is 0. The number of benzene rings is 1. The van der Waals surface area contributed by atoms with Crippen molar-refractivity contribution >= 4 is 0 Å². The lowest BCUT2D eigenvalue weighted by atomic mass is 10.1. The molecule has 0 amide bonds. The highest BCUT2D eigenvalue weighted by Gasteiger charge is 2.09. The average molecular weight is 284 g/mol. The molecule has 0 saturated heterocycles. The topological polar surface area (TPSA) is 34.0 Å². The van der Waals surface area contributed by atoms with Crippen LogP contribution in [0.3, 0.4) is 0 Å². The molecule has 1 heterocycles. The minimum Gasteiger partial charge on any atom is -0.320 e. The lowest BCUT2D eigenvalue weighted by Gasteiger charge is -2.18. The first-order valence-corrected chi connectivity index (χ1v) is 7.42. The van der Waals surface area contributed by atoms with E-state index >= 15 is 0 Å². The summed E-state index contributed by atoms with van der Waals surface area (Å²) in [5.74, 6) is 0. The summed E-state index contributed by atoms with van der Waals surface area (Å²) in [4.78, 5) is 12.2. The molecule has 0 atom stereocenters. The van der Waals surface area contributed by atoms with Crippen molar-refractivity contribution in [3.05, 3.63) is 63.1 Å². The van der Waals surface area contributed by atoms with Crippen molar-refractivity contribution in [3.63, 3.8) is 0 Å². The van der Waals surface area contributed by atoms with Crippen LogP contribution in [-0.4, -0.2) is 10.6 Å². The molecular formula is C18H24N2O. The van der Waals surface area contributed by atoms with Gasteiger partial charge in [-0.05, 0) is 31.9 Å². The van der Waals surface area contributed by atoms with Gasteiger partial charge < -0.3 is 9.88 Å². The van der Waals surface area contributed by atoms with Gasteiger partial charge in [-0.25, -0.2) is 0 Å². The Hall–Kier alpha value is -1.87. The van der Waals surface area contributed by atoms with Crippen LogP contribution in [0, 0.1) is 20.8 Å². The molecule has 0 fully saturated rings. The van der Waals surface area contributed by atoms with Crippen molar-refractivity contribution in [1.29, 1.82) is 0 Å². The molecule has 0 aliphatic carbocycles. The van der Waals surface area contributed by atoms with Crippen molar-refractivity contribution in [2.45, 2.75) is 47.2 Å². The third kappa shape index (κ3) is 3.42. The molecule has 0 spiro atoms. The minimum absolute atomic E-state index is 0.100. The Balaban J connectivity index is 2.54. The van der Waals surface area contributed by atoms with E-state index in [1.807, 2.05) is 13.1 Å². The van der Waals surface area contributed by atoms with Crippen molar-refractivity contribution < 1.29 is 0 Å². The summed E-state index contributed by atoms with van der Waals surface area (Å²) < 4.78 is 2.13. The fourth-order valence-electron chi connectivity index (χ4n) is 2.55. The van der Waals surface area contributed by atoms with Gasteiger partial charge in [0.25, 0.3) is 0 Å². The third-order valence-corrected chi connectivity index (χ3v) is 3.70. The largest absolute Gasteiger partial charge is 0.320 e.